The highest BCUT2D eigenvalue weighted by Crippen LogP contribution is 2.31. The van der Waals surface area contributed by atoms with Gasteiger partial charge in [-0.2, -0.15) is 11.3 Å². The number of hydrogen-bond acceptors (Lipinski definition) is 6. The van der Waals surface area contributed by atoms with Gasteiger partial charge < -0.3 is 9.47 Å². The average Bonchev–Trinajstić information content (AvgIpc) is 3.33. The van der Waals surface area contributed by atoms with E-state index >= 15 is 0 Å². The zero-order chi connectivity index (χ0) is 21.8. The Hall–Kier alpha value is -2.39. The molecule has 1 aliphatic rings. The predicted octanol–water partition coefficient (Wildman–Crippen LogP) is 3.84. The van der Waals surface area contributed by atoms with Crippen LogP contribution in [0.3, 0.4) is 0 Å². The second-order valence-electron chi connectivity index (χ2n) is 7.43. The zero-order valence-electron chi connectivity index (χ0n) is 17.6. The molecule has 6 nitrogen and oxygen atoms in total. The molecule has 2 aromatic carbocycles. The fraction of sp³-hybridized carbons (Fsp3) is 0.304. The Balaban J connectivity index is 1.55. The van der Waals surface area contributed by atoms with Gasteiger partial charge in [-0.3, -0.25) is 4.90 Å². The Labute approximate surface area is 187 Å². The molecule has 1 aromatic heterocycles. The van der Waals surface area contributed by atoms with Crippen molar-refractivity contribution < 1.29 is 17.9 Å². The van der Waals surface area contributed by atoms with Gasteiger partial charge in [-0.1, -0.05) is 24.3 Å². The molecule has 2 heterocycles. The van der Waals surface area contributed by atoms with E-state index in [0.717, 1.165) is 25.1 Å². The monoisotopic (exact) mass is 458 g/mol. The van der Waals surface area contributed by atoms with E-state index in [9.17, 15) is 8.42 Å². The molecule has 0 unspecified atom stereocenters. The van der Waals surface area contributed by atoms with Gasteiger partial charge in [-0.15, -0.1) is 0 Å². The van der Waals surface area contributed by atoms with Gasteiger partial charge in [0, 0.05) is 31.7 Å². The fourth-order valence-corrected chi connectivity index (χ4v) is 5.72. The van der Waals surface area contributed by atoms with E-state index in [1.54, 1.807) is 17.4 Å². The molecule has 0 spiro atoms. The highest BCUT2D eigenvalue weighted by Gasteiger charge is 2.27. The van der Waals surface area contributed by atoms with Crippen LogP contribution in [-0.2, 0) is 23.0 Å². The van der Waals surface area contributed by atoms with Crippen molar-refractivity contribution in [2.75, 3.05) is 27.3 Å². The summed E-state index contributed by atoms with van der Waals surface area (Å²) in [5.74, 6) is 0.872. The Kier molecular flexibility index (Phi) is 6.62. The Bertz CT molecular complexity index is 1130. The molecule has 0 aliphatic carbocycles. The summed E-state index contributed by atoms with van der Waals surface area (Å²) in [6.07, 6.45) is 0.958. The lowest BCUT2D eigenvalue weighted by Gasteiger charge is -2.35. The first-order chi connectivity index (χ1) is 15.0. The smallest absolute Gasteiger partial charge is 0.240 e. The maximum Gasteiger partial charge on any atom is 0.240 e. The average molecular weight is 459 g/mol. The number of fused-ring (bicyclic) bond motifs is 1. The van der Waals surface area contributed by atoms with Crippen LogP contribution in [0.2, 0.25) is 0 Å². The fourth-order valence-electron chi connectivity index (χ4n) is 3.96. The van der Waals surface area contributed by atoms with Crippen molar-refractivity contribution >= 4 is 21.4 Å². The third kappa shape index (κ3) is 4.77. The Morgan fingerprint density at radius 3 is 2.55 bits per heavy atom. The van der Waals surface area contributed by atoms with Gasteiger partial charge in [0.25, 0.3) is 0 Å². The predicted molar refractivity (Wildman–Crippen MR) is 122 cm³/mol. The zero-order valence-corrected chi connectivity index (χ0v) is 19.2. The maximum atomic E-state index is 13.0. The van der Waals surface area contributed by atoms with Crippen LogP contribution in [0.25, 0.3) is 0 Å². The molecule has 4 rings (SSSR count). The molecule has 0 fully saturated rings. The molecular weight excluding hydrogens is 432 g/mol. The van der Waals surface area contributed by atoms with E-state index < -0.39 is 10.0 Å². The molecule has 1 aliphatic heterocycles. The van der Waals surface area contributed by atoms with Crippen LogP contribution < -0.4 is 14.2 Å². The number of nitrogens with one attached hydrogen (secondary N) is 1. The topological polar surface area (TPSA) is 67.9 Å². The first-order valence-electron chi connectivity index (χ1n) is 10.1. The van der Waals surface area contributed by atoms with E-state index in [0.29, 0.717) is 11.5 Å². The van der Waals surface area contributed by atoms with E-state index in [1.165, 1.54) is 37.5 Å². The molecule has 1 atom stereocenters. The van der Waals surface area contributed by atoms with Crippen LogP contribution in [0, 0.1) is 0 Å². The van der Waals surface area contributed by atoms with Gasteiger partial charge >= 0.3 is 0 Å². The van der Waals surface area contributed by atoms with Crippen LogP contribution in [0.1, 0.15) is 22.7 Å². The van der Waals surface area contributed by atoms with Crippen LogP contribution in [0.4, 0.5) is 0 Å². The van der Waals surface area contributed by atoms with E-state index in [1.807, 2.05) is 5.38 Å². The summed E-state index contributed by atoms with van der Waals surface area (Å²) >= 11 is 1.62. The van der Waals surface area contributed by atoms with E-state index in [2.05, 4.69) is 45.3 Å². The number of rotatable bonds is 8. The molecule has 0 saturated carbocycles. The van der Waals surface area contributed by atoms with Gasteiger partial charge in [0.1, 0.15) is 0 Å². The lowest BCUT2D eigenvalue weighted by molar-refractivity contribution is 0.181. The minimum Gasteiger partial charge on any atom is -0.493 e. The van der Waals surface area contributed by atoms with Crippen molar-refractivity contribution in [3.05, 3.63) is 76.0 Å². The second kappa shape index (κ2) is 9.40. The summed E-state index contributed by atoms with van der Waals surface area (Å²) < 4.78 is 39.4. The first-order valence-corrected chi connectivity index (χ1v) is 12.5. The lowest BCUT2D eigenvalue weighted by Crippen LogP contribution is -2.40. The van der Waals surface area contributed by atoms with Gasteiger partial charge in [-0.25, -0.2) is 13.1 Å². The summed E-state index contributed by atoms with van der Waals surface area (Å²) in [4.78, 5) is 2.50. The number of sulfonamides is 1. The minimum atomic E-state index is -3.71. The van der Waals surface area contributed by atoms with Crippen molar-refractivity contribution in [3.8, 4) is 11.5 Å². The van der Waals surface area contributed by atoms with Gasteiger partial charge in [0.15, 0.2) is 11.5 Å². The highest BCUT2D eigenvalue weighted by atomic mass is 32.2. The third-order valence-electron chi connectivity index (χ3n) is 5.66. The van der Waals surface area contributed by atoms with Crippen LogP contribution >= 0.6 is 11.3 Å². The summed E-state index contributed by atoms with van der Waals surface area (Å²) in [7, 11) is -0.703. The van der Waals surface area contributed by atoms with Crippen LogP contribution in [0.5, 0.6) is 11.5 Å². The number of hydrogen-bond donors (Lipinski definition) is 1. The number of ether oxygens (including phenoxy) is 2. The van der Waals surface area contributed by atoms with Crippen molar-refractivity contribution in [2.24, 2.45) is 0 Å². The molecule has 3 aromatic rings. The number of nitrogens with zero attached hydrogens (tertiary/aromatic N) is 1. The van der Waals surface area contributed by atoms with Gasteiger partial charge in [0.2, 0.25) is 10.0 Å². The largest absolute Gasteiger partial charge is 0.493 e. The standard InChI is InChI=1S/C23H26N2O4S2/c1-28-22-8-7-20(13-23(22)29-2)31(26,27)24-14-21(19-10-12-30-16-19)25-11-9-17-5-3-4-6-18(17)15-25/h3-8,10,12-13,16,21,24H,9,11,14-15H2,1-2H3/t21-/m0/s1. The summed E-state index contributed by atoms with van der Waals surface area (Å²) in [6, 6.07) is 15.1. The minimum absolute atomic E-state index is 0.0467. The van der Waals surface area contributed by atoms with Crippen LogP contribution in [0.15, 0.2) is 64.2 Å². The highest BCUT2D eigenvalue weighted by molar-refractivity contribution is 7.89. The molecule has 1 N–H and O–H groups in total. The Morgan fingerprint density at radius 1 is 1.06 bits per heavy atom. The first kappa shape index (κ1) is 21.8. The Morgan fingerprint density at radius 2 is 1.84 bits per heavy atom. The van der Waals surface area contributed by atoms with Crippen molar-refractivity contribution in [2.45, 2.75) is 23.9 Å². The molecule has 164 valence electrons. The third-order valence-corrected chi connectivity index (χ3v) is 7.78. The number of methoxy groups -OCH3 is 2. The summed E-state index contributed by atoms with van der Waals surface area (Å²) in [5, 5.41) is 4.12. The van der Waals surface area contributed by atoms with E-state index in [4.69, 9.17) is 9.47 Å². The maximum absolute atomic E-state index is 13.0. The number of benzene rings is 2. The van der Waals surface area contributed by atoms with Gasteiger partial charge in [0.05, 0.1) is 19.1 Å². The molecule has 0 bridgehead atoms. The SMILES string of the molecule is COc1ccc(S(=O)(=O)NC[C@@H](c2ccsc2)N2CCc3ccccc3C2)cc1OC. The number of thiophene rings is 1. The van der Waals surface area contributed by atoms with Crippen LogP contribution in [-0.4, -0.2) is 40.6 Å². The van der Waals surface area contributed by atoms with Crippen molar-refractivity contribution in [1.29, 1.82) is 0 Å². The molecule has 31 heavy (non-hydrogen) atoms. The summed E-state index contributed by atoms with van der Waals surface area (Å²) in [6.45, 7) is 1.97. The molecule has 0 amide bonds. The van der Waals surface area contributed by atoms with Gasteiger partial charge in [-0.05, 0) is 52.1 Å². The quantitative estimate of drug-likeness (QED) is 0.556. The lowest BCUT2D eigenvalue weighted by atomic mass is 9.97. The normalized spacial score (nSPS) is 15.3. The van der Waals surface area contributed by atoms with Crippen molar-refractivity contribution in [3.63, 3.8) is 0 Å². The summed E-state index contributed by atoms with van der Waals surface area (Å²) in [5.41, 5.74) is 3.80. The van der Waals surface area contributed by atoms with E-state index in [-0.39, 0.29) is 17.5 Å². The molecule has 8 heteroatoms. The molecule has 0 saturated heterocycles. The second-order valence-corrected chi connectivity index (χ2v) is 9.98. The molecular formula is C23H26N2O4S2. The van der Waals surface area contributed by atoms with Crippen molar-refractivity contribution in [1.82, 2.24) is 9.62 Å². The molecule has 0 radical (unpaired) electrons.